The van der Waals surface area contributed by atoms with E-state index in [1.807, 2.05) is 0 Å². The predicted octanol–water partition coefficient (Wildman–Crippen LogP) is 3.43. The van der Waals surface area contributed by atoms with Crippen molar-refractivity contribution >= 4 is 6.29 Å². The van der Waals surface area contributed by atoms with E-state index in [1.165, 1.54) is 11.1 Å². The van der Waals surface area contributed by atoms with Crippen molar-refractivity contribution in [2.75, 3.05) is 0 Å². The number of hydrogen-bond acceptors (Lipinski definition) is 3. The number of aldehydes is 1. The minimum atomic E-state index is -2.20. The largest absolute Gasteiger partial charge is 0.360 e. The lowest BCUT2D eigenvalue weighted by Gasteiger charge is -2.12. The first-order chi connectivity index (χ1) is 10.6. The summed E-state index contributed by atoms with van der Waals surface area (Å²) in [6, 6.07) is 0. The summed E-state index contributed by atoms with van der Waals surface area (Å²) in [5, 5.41) is 18.3. The van der Waals surface area contributed by atoms with Gasteiger partial charge in [0, 0.05) is 19.3 Å². The fraction of sp³-hybridized carbons (Fsp3) is 0.526. The summed E-state index contributed by atoms with van der Waals surface area (Å²) in [6.45, 7) is 2.16. The number of carbonyl (C=O) groups excluding carboxylic acids is 1. The molecule has 0 bridgehead atoms. The van der Waals surface area contributed by atoms with Crippen molar-refractivity contribution in [2.24, 2.45) is 0 Å². The SMILES string of the molecule is CCC/C=C(\CC#CCCCC(O)(O)C=O)C1=CC=CCC1. The highest BCUT2D eigenvalue weighted by Crippen LogP contribution is 2.23. The second-order valence-electron chi connectivity index (χ2n) is 5.56. The Labute approximate surface area is 133 Å². The maximum absolute atomic E-state index is 10.4. The highest BCUT2D eigenvalue weighted by Gasteiger charge is 2.20. The summed E-state index contributed by atoms with van der Waals surface area (Å²) in [5.41, 5.74) is 2.68. The molecule has 0 aromatic carbocycles. The third-order valence-electron chi connectivity index (χ3n) is 3.54. The average Bonchev–Trinajstić information content (AvgIpc) is 2.54. The zero-order chi connectivity index (χ0) is 16.3. The molecule has 0 radical (unpaired) electrons. The molecule has 1 aliphatic carbocycles. The first-order valence-electron chi connectivity index (χ1n) is 8.01. The van der Waals surface area contributed by atoms with E-state index >= 15 is 0 Å². The van der Waals surface area contributed by atoms with Crippen molar-refractivity contribution in [3.05, 3.63) is 35.5 Å². The number of hydrogen-bond donors (Lipinski definition) is 2. The lowest BCUT2D eigenvalue weighted by molar-refractivity contribution is -0.171. The molecule has 120 valence electrons. The van der Waals surface area contributed by atoms with E-state index in [2.05, 4.69) is 43.1 Å². The number of unbranched alkanes of at least 4 members (excludes halogenated alkanes) is 2. The third-order valence-corrected chi connectivity index (χ3v) is 3.54. The molecule has 2 N–H and O–H groups in total. The Bertz CT molecular complexity index is 499. The topological polar surface area (TPSA) is 57.5 Å². The molecule has 0 atom stereocenters. The van der Waals surface area contributed by atoms with Crippen LogP contribution in [0.25, 0.3) is 0 Å². The average molecular weight is 302 g/mol. The quantitative estimate of drug-likeness (QED) is 0.312. The Morgan fingerprint density at radius 2 is 2.23 bits per heavy atom. The molecule has 0 saturated carbocycles. The van der Waals surface area contributed by atoms with Gasteiger partial charge in [0.25, 0.3) is 0 Å². The van der Waals surface area contributed by atoms with Gasteiger partial charge in [-0.05, 0) is 36.8 Å². The van der Waals surface area contributed by atoms with Crippen molar-refractivity contribution in [1.29, 1.82) is 0 Å². The number of rotatable bonds is 8. The minimum absolute atomic E-state index is 0.0274. The lowest BCUT2D eigenvalue weighted by atomic mass is 9.94. The Morgan fingerprint density at radius 3 is 2.86 bits per heavy atom. The van der Waals surface area contributed by atoms with Crippen molar-refractivity contribution in [1.82, 2.24) is 0 Å². The zero-order valence-corrected chi connectivity index (χ0v) is 13.3. The molecule has 0 fully saturated rings. The summed E-state index contributed by atoms with van der Waals surface area (Å²) in [7, 11) is 0. The van der Waals surface area contributed by atoms with Gasteiger partial charge in [0.2, 0.25) is 5.79 Å². The van der Waals surface area contributed by atoms with E-state index in [0.29, 0.717) is 12.8 Å². The summed E-state index contributed by atoms with van der Waals surface area (Å²) in [5.74, 6) is 4.01. The molecule has 0 spiro atoms. The van der Waals surface area contributed by atoms with Gasteiger partial charge in [-0.15, -0.1) is 5.92 Å². The number of aliphatic hydroxyl groups is 2. The van der Waals surface area contributed by atoms with E-state index in [4.69, 9.17) is 10.2 Å². The molecule has 0 amide bonds. The van der Waals surface area contributed by atoms with E-state index in [9.17, 15) is 4.79 Å². The Balaban J connectivity index is 2.48. The highest BCUT2D eigenvalue weighted by molar-refractivity contribution is 5.58. The first-order valence-corrected chi connectivity index (χ1v) is 8.01. The molecule has 0 aromatic heterocycles. The molecule has 0 aliphatic heterocycles. The molecule has 0 aromatic rings. The molecule has 0 saturated heterocycles. The van der Waals surface area contributed by atoms with Crippen molar-refractivity contribution < 1.29 is 15.0 Å². The van der Waals surface area contributed by atoms with E-state index < -0.39 is 5.79 Å². The number of carbonyl (C=O) groups is 1. The van der Waals surface area contributed by atoms with E-state index in [1.54, 1.807) is 0 Å². The van der Waals surface area contributed by atoms with Crippen LogP contribution in [0.4, 0.5) is 0 Å². The summed E-state index contributed by atoms with van der Waals surface area (Å²) in [6.07, 6.45) is 15.1. The van der Waals surface area contributed by atoms with Gasteiger partial charge in [0.05, 0.1) is 0 Å². The van der Waals surface area contributed by atoms with Gasteiger partial charge in [-0.25, -0.2) is 0 Å². The Kier molecular flexibility index (Phi) is 8.50. The molecule has 0 unspecified atom stereocenters. The fourth-order valence-corrected chi connectivity index (χ4v) is 2.25. The smallest absolute Gasteiger partial charge is 0.220 e. The summed E-state index contributed by atoms with van der Waals surface area (Å²) in [4.78, 5) is 10.4. The molecule has 1 aliphatic rings. The van der Waals surface area contributed by atoms with Crippen LogP contribution in [0.2, 0.25) is 0 Å². The maximum atomic E-state index is 10.4. The van der Waals surface area contributed by atoms with Gasteiger partial charge >= 0.3 is 0 Å². The van der Waals surface area contributed by atoms with Crippen LogP contribution in [0.1, 0.15) is 58.3 Å². The van der Waals surface area contributed by atoms with Crippen LogP contribution < -0.4 is 0 Å². The molecule has 22 heavy (non-hydrogen) atoms. The van der Waals surface area contributed by atoms with Crippen LogP contribution in [-0.2, 0) is 4.79 Å². The molecule has 1 rings (SSSR count). The van der Waals surface area contributed by atoms with Crippen LogP contribution in [0.5, 0.6) is 0 Å². The standard InChI is InChI=1S/C19H26O3/c1-2-3-11-17(18-13-8-6-9-14-18)12-7-4-5-10-15-19(21,22)16-20/h6,8,11,13,16,21-22H,2-3,5,9-10,12,14-15H2,1H3/b17-11+. The fourth-order valence-electron chi connectivity index (χ4n) is 2.25. The predicted molar refractivity (Wildman–Crippen MR) is 88.9 cm³/mol. The first kappa shape index (κ1) is 18.4. The van der Waals surface area contributed by atoms with Crippen LogP contribution in [0.3, 0.4) is 0 Å². The van der Waals surface area contributed by atoms with Crippen LogP contribution in [0.15, 0.2) is 35.5 Å². The third kappa shape index (κ3) is 7.40. The summed E-state index contributed by atoms with van der Waals surface area (Å²) < 4.78 is 0. The van der Waals surface area contributed by atoms with Gasteiger partial charge in [-0.1, -0.05) is 43.6 Å². The molecule has 3 nitrogen and oxygen atoms in total. The van der Waals surface area contributed by atoms with Crippen LogP contribution in [0, 0.1) is 11.8 Å². The van der Waals surface area contributed by atoms with Crippen molar-refractivity contribution in [2.45, 2.75) is 64.1 Å². The van der Waals surface area contributed by atoms with Gasteiger partial charge in [-0.3, -0.25) is 4.79 Å². The van der Waals surface area contributed by atoms with Crippen molar-refractivity contribution in [3.8, 4) is 11.8 Å². The summed E-state index contributed by atoms with van der Waals surface area (Å²) >= 11 is 0. The lowest BCUT2D eigenvalue weighted by Crippen LogP contribution is -2.29. The Hall–Kier alpha value is -1.63. The Morgan fingerprint density at radius 1 is 1.41 bits per heavy atom. The normalized spacial score (nSPS) is 15.0. The van der Waals surface area contributed by atoms with Crippen LogP contribution in [-0.4, -0.2) is 22.3 Å². The number of allylic oxidation sites excluding steroid dienone is 6. The van der Waals surface area contributed by atoms with E-state index in [-0.39, 0.29) is 12.7 Å². The zero-order valence-electron chi connectivity index (χ0n) is 13.3. The monoisotopic (exact) mass is 302 g/mol. The second-order valence-corrected chi connectivity index (χ2v) is 5.56. The second kappa shape index (κ2) is 10.2. The van der Waals surface area contributed by atoms with Gasteiger partial charge in [-0.2, -0.15) is 0 Å². The maximum Gasteiger partial charge on any atom is 0.220 e. The van der Waals surface area contributed by atoms with Gasteiger partial charge in [0.1, 0.15) is 0 Å². The van der Waals surface area contributed by atoms with E-state index in [0.717, 1.165) is 32.1 Å². The highest BCUT2D eigenvalue weighted by atomic mass is 16.5. The minimum Gasteiger partial charge on any atom is -0.360 e. The van der Waals surface area contributed by atoms with Crippen molar-refractivity contribution in [3.63, 3.8) is 0 Å². The molecular formula is C19H26O3. The van der Waals surface area contributed by atoms with Crippen LogP contribution >= 0.6 is 0 Å². The molecule has 0 heterocycles. The van der Waals surface area contributed by atoms with Gasteiger partial charge in [0.15, 0.2) is 6.29 Å². The van der Waals surface area contributed by atoms with Gasteiger partial charge < -0.3 is 10.2 Å². The molecule has 3 heteroatoms. The molecular weight excluding hydrogens is 276 g/mol.